The van der Waals surface area contributed by atoms with Crippen LogP contribution < -0.4 is 10.8 Å². The van der Waals surface area contributed by atoms with Crippen molar-refractivity contribution in [3.63, 3.8) is 0 Å². The fourth-order valence-electron chi connectivity index (χ4n) is 1.73. The van der Waals surface area contributed by atoms with Gasteiger partial charge in [0, 0.05) is 23.0 Å². The molecule has 0 aliphatic heterocycles. The first-order valence-electron chi connectivity index (χ1n) is 5.44. The third-order valence-corrected chi connectivity index (χ3v) is 3.77. The molecule has 1 radical (unpaired) electrons. The van der Waals surface area contributed by atoms with Crippen LogP contribution in [0.15, 0.2) is 24.3 Å². The molecular weight excluding hydrogens is 233 g/mol. The largest absolute Gasteiger partial charge is 0.450 e. The molecule has 2 rings (SSSR count). The molecule has 0 bridgehead atoms. The molecule has 17 heavy (non-hydrogen) atoms. The number of hydrogen-bond donors (Lipinski definition) is 2. The van der Waals surface area contributed by atoms with Crippen molar-refractivity contribution in [2.24, 2.45) is 0 Å². The van der Waals surface area contributed by atoms with E-state index in [-0.39, 0.29) is 5.91 Å². The Balaban J connectivity index is 2.17. The van der Waals surface area contributed by atoms with E-state index >= 15 is 0 Å². The second-order valence-electron chi connectivity index (χ2n) is 3.84. The van der Waals surface area contributed by atoms with Crippen LogP contribution in [0.25, 0.3) is 10.1 Å². The maximum atomic E-state index is 10.8. The van der Waals surface area contributed by atoms with E-state index < -0.39 is 0 Å². The van der Waals surface area contributed by atoms with Crippen LogP contribution in [0.1, 0.15) is 11.8 Å². The van der Waals surface area contributed by atoms with Crippen LogP contribution in [0.3, 0.4) is 0 Å². The van der Waals surface area contributed by atoms with Crippen molar-refractivity contribution in [1.82, 2.24) is 5.32 Å². The van der Waals surface area contributed by atoms with Crippen molar-refractivity contribution in [2.75, 3.05) is 6.54 Å². The Bertz CT molecular complexity index is 538. The van der Waals surface area contributed by atoms with E-state index in [1.807, 2.05) is 18.2 Å². The zero-order valence-electron chi connectivity index (χ0n) is 9.56. The Morgan fingerprint density at radius 1 is 1.53 bits per heavy atom. The molecule has 1 amide bonds. The molecule has 3 nitrogen and oxygen atoms in total. The Labute approximate surface area is 105 Å². The Morgan fingerprint density at radius 3 is 3.06 bits per heavy atom. The van der Waals surface area contributed by atoms with Crippen molar-refractivity contribution in [1.29, 1.82) is 0 Å². The fourth-order valence-corrected chi connectivity index (χ4v) is 2.86. The van der Waals surface area contributed by atoms with Gasteiger partial charge in [-0.25, -0.2) is 0 Å². The molecule has 0 spiro atoms. The standard InChI is InChI=1S/C12H13BNO2S/c1-8(15)14-6-5-10-7-9-3-2-4-11(13-16)12(9)17-10/h2-4,7,16H,5-6H2,1H3,(H,14,15). The van der Waals surface area contributed by atoms with Crippen molar-refractivity contribution >= 4 is 40.3 Å². The van der Waals surface area contributed by atoms with E-state index in [1.54, 1.807) is 11.3 Å². The Morgan fingerprint density at radius 2 is 2.35 bits per heavy atom. The zero-order valence-corrected chi connectivity index (χ0v) is 10.4. The fraction of sp³-hybridized carbons (Fsp3) is 0.250. The third-order valence-electron chi connectivity index (χ3n) is 2.51. The average molecular weight is 246 g/mol. The minimum absolute atomic E-state index is 0.00417. The third kappa shape index (κ3) is 2.87. The lowest BCUT2D eigenvalue weighted by molar-refractivity contribution is -0.118. The van der Waals surface area contributed by atoms with Gasteiger partial charge in [0.2, 0.25) is 5.91 Å². The Hall–Kier alpha value is -1.33. The van der Waals surface area contributed by atoms with Crippen molar-refractivity contribution in [3.05, 3.63) is 29.1 Å². The highest BCUT2D eigenvalue weighted by atomic mass is 32.1. The van der Waals surface area contributed by atoms with Gasteiger partial charge in [-0.1, -0.05) is 18.2 Å². The van der Waals surface area contributed by atoms with E-state index in [9.17, 15) is 4.79 Å². The van der Waals surface area contributed by atoms with E-state index in [0.717, 1.165) is 29.5 Å². The van der Waals surface area contributed by atoms with Gasteiger partial charge in [-0.3, -0.25) is 4.79 Å². The number of fused-ring (bicyclic) bond motifs is 1. The summed E-state index contributed by atoms with van der Waals surface area (Å²) in [6.45, 7) is 2.17. The van der Waals surface area contributed by atoms with Crippen molar-refractivity contribution < 1.29 is 9.82 Å². The lowest BCUT2D eigenvalue weighted by atomic mass is 9.88. The number of hydrogen-bond acceptors (Lipinski definition) is 3. The van der Waals surface area contributed by atoms with Gasteiger partial charge in [0.1, 0.15) is 0 Å². The lowest BCUT2D eigenvalue weighted by Crippen LogP contribution is -2.22. The summed E-state index contributed by atoms with van der Waals surface area (Å²) in [5.41, 5.74) is 0.846. The van der Waals surface area contributed by atoms with Gasteiger partial charge in [0.25, 0.3) is 0 Å². The molecule has 1 aromatic carbocycles. The highest BCUT2D eigenvalue weighted by Gasteiger charge is 2.06. The molecule has 0 saturated carbocycles. The van der Waals surface area contributed by atoms with Crippen LogP contribution in [0.2, 0.25) is 0 Å². The zero-order chi connectivity index (χ0) is 12.3. The first-order chi connectivity index (χ1) is 8.20. The first kappa shape index (κ1) is 12.1. The summed E-state index contributed by atoms with van der Waals surface area (Å²) >= 11 is 1.66. The summed E-state index contributed by atoms with van der Waals surface area (Å²) in [5.74, 6) is -0.00417. The molecule has 2 aromatic rings. The molecule has 87 valence electrons. The van der Waals surface area contributed by atoms with Gasteiger partial charge >= 0.3 is 7.48 Å². The summed E-state index contributed by atoms with van der Waals surface area (Å²) in [5, 5.41) is 13.0. The maximum Gasteiger partial charge on any atom is 0.328 e. The number of nitrogens with one attached hydrogen (secondary N) is 1. The van der Waals surface area contributed by atoms with Crippen LogP contribution >= 0.6 is 11.3 Å². The van der Waals surface area contributed by atoms with Crippen LogP contribution in [-0.4, -0.2) is 25.0 Å². The average Bonchev–Trinajstić information content (AvgIpc) is 2.70. The van der Waals surface area contributed by atoms with Crippen LogP contribution in [0, 0.1) is 0 Å². The second-order valence-corrected chi connectivity index (χ2v) is 4.98. The minimum atomic E-state index is -0.00417. The van der Waals surface area contributed by atoms with Gasteiger partial charge in [0.15, 0.2) is 0 Å². The van der Waals surface area contributed by atoms with Gasteiger partial charge in [-0.2, -0.15) is 0 Å². The normalized spacial score (nSPS) is 10.5. The predicted molar refractivity (Wildman–Crippen MR) is 71.8 cm³/mol. The molecule has 2 N–H and O–H groups in total. The summed E-state index contributed by atoms with van der Waals surface area (Å²) in [4.78, 5) is 12.0. The molecule has 0 unspecified atom stereocenters. The van der Waals surface area contributed by atoms with E-state index in [0.29, 0.717) is 6.54 Å². The molecule has 0 saturated heterocycles. The summed E-state index contributed by atoms with van der Waals surface area (Å²) in [6, 6.07) is 7.95. The molecule has 0 fully saturated rings. The van der Waals surface area contributed by atoms with Crippen LogP contribution in [-0.2, 0) is 11.2 Å². The van der Waals surface area contributed by atoms with Crippen molar-refractivity contribution in [3.8, 4) is 0 Å². The monoisotopic (exact) mass is 246 g/mol. The van der Waals surface area contributed by atoms with E-state index in [1.165, 1.54) is 11.8 Å². The molecule has 0 aliphatic rings. The van der Waals surface area contributed by atoms with Gasteiger partial charge in [-0.15, -0.1) is 11.3 Å². The lowest BCUT2D eigenvalue weighted by Gasteiger charge is -1.98. The van der Waals surface area contributed by atoms with E-state index in [4.69, 9.17) is 5.02 Å². The minimum Gasteiger partial charge on any atom is -0.450 e. The second kappa shape index (κ2) is 5.34. The van der Waals surface area contributed by atoms with Gasteiger partial charge in [-0.05, 0) is 23.3 Å². The molecule has 0 aliphatic carbocycles. The highest BCUT2D eigenvalue weighted by molar-refractivity contribution is 7.20. The SMILES string of the molecule is CC(=O)NCCc1cc2cccc([B]O)c2s1. The summed E-state index contributed by atoms with van der Waals surface area (Å²) in [6.07, 6.45) is 0.823. The molecule has 1 aromatic heterocycles. The predicted octanol–water partition coefficient (Wildman–Crippen LogP) is 0.817. The van der Waals surface area contributed by atoms with Gasteiger partial charge < -0.3 is 10.3 Å². The smallest absolute Gasteiger partial charge is 0.328 e. The first-order valence-corrected chi connectivity index (χ1v) is 6.25. The van der Waals surface area contributed by atoms with E-state index in [2.05, 4.69) is 11.4 Å². The van der Waals surface area contributed by atoms with Crippen LogP contribution in [0.4, 0.5) is 0 Å². The number of benzene rings is 1. The maximum absolute atomic E-state index is 10.8. The number of carbonyl (C=O) groups excluding carboxylic acids is 1. The summed E-state index contributed by atoms with van der Waals surface area (Å²) < 4.78 is 1.09. The molecule has 0 atom stereocenters. The number of carbonyl (C=O) groups is 1. The van der Waals surface area contributed by atoms with Crippen LogP contribution in [0.5, 0.6) is 0 Å². The highest BCUT2D eigenvalue weighted by Crippen LogP contribution is 2.24. The Kier molecular flexibility index (Phi) is 3.81. The molecular formula is C12H13BNO2S. The summed E-state index contributed by atoms with van der Waals surface area (Å²) in [7, 11) is 1.14. The number of rotatable bonds is 4. The number of thiophene rings is 1. The quantitative estimate of drug-likeness (QED) is 0.784. The van der Waals surface area contributed by atoms with Crippen molar-refractivity contribution in [2.45, 2.75) is 13.3 Å². The molecule has 1 heterocycles. The topological polar surface area (TPSA) is 49.3 Å². The molecule has 5 heteroatoms. The number of amides is 1. The van der Waals surface area contributed by atoms with Gasteiger partial charge in [0.05, 0.1) is 0 Å².